The van der Waals surface area contributed by atoms with Gasteiger partial charge < -0.3 is 0 Å². The molecule has 0 aromatic rings. The van der Waals surface area contributed by atoms with Crippen LogP contribution < -0.4 is 0 Å². The van der Waals surface area contributed by atoms with E-state index in [9.17, 15) is 4.79 Å². The van der Waals surface area contributed by atoms with Crippen LogP contribution in [-0.4, -0.2) is 28.4 Å². The fourth-order valence-electron chi connectivity index (χ4n) is 0.615. The first-order valence-corrected chi connectivity index (χ1v) is 8.60. The number of halogens is 2. The molecule has 2 unspecified atom stereocenters. The summed E-state index contributed by atoms with van der Waals surface area (Å²) in [5.41, 5.74) is 0. The molecule has 0 saturated carbocycles. The fourth-order valence-corrected chi connectivity index (χ4v) is 4.51. The zero-order valence-corrected chi connectivity index (χ0v) is 11.2. The molecule has 0 aliphatic rings. The average molecular weight is 306 g/mol. The molecule has 1 nitrogen and oxygen atoms in total. The van der Waals surface area contributed by atoms with E-state index < -0.39 is 8.46 Å². The van der Waals surface area contributed by atoms with Gasteiger partial charge in [0.05, 0.1) is 4.83 Å². The lowest BCUT2D eigenvalue weighted by molar-refractivity contribution is -0.116. The Morgan fingerprint density at radius 3 is 1.91 bits per heavy atom. The molecule has 0 aromatic carbocycles. The highest BCUT2D eigenvalue weighted by atomic mass is 79.9. The molecule has 0 N–H and O–H groups in total. The molecule has 0 amide bonds. The van der Waals surface area contributed by atoms with Crippen molar-refractivity contribution in [3.05, 3.63) is 0 Å². The second kappa shape index (κ2) is 4.28. The summed E-state index contributed by atoms with van der Waals surface area (Å²) < 4.78 is 0. The molecule has 0 heterocycles. The number of carbonyl (C=O) groups is 1. The third-order valence-electron chi connectivity index (χ3n) is 1.68. The van der Waals surface area contributed by atoms with Crippen molar-refractivity contribution < 1.29 is 4.79 Å². The Balaban J connectivity index is 4.25. The van der Waals surface area contributed by atoms with E-state index in [0.717, 1.165) is 0 Å². The summed E-state index contributed by atoms with van der Waals surface area (Å²) in [6.45, 7) is 3.71. The van der Waals surface area contributed by atoms with E-state index in [-0.39, 0.29) is 10.6 Å². The molecule has 0 aliphatic heterocycles. The molecule has 4 heteroatoms. The predicted molar refractivity (Wildman–Crippen MR) is 61.2 cm³/mol. The molecule has 0 aromatic heterocycles. The van der Waals surface area contributed by atoms with Gasteiger partial charge in [-0.15, -0.1) is 0 Å². The maximum Gasteiger partial charge on any atom is 0.144 e. The van der Waals surface area contributed by atoms with Gasteiger partial charge in [-0.2, -0.15) is 8.46 Å². The molecular formula is C7H14Br2OS. The van der Waals surface area contributed by atoms with Gasteiger partial charge in [0.1, 0.15) is 5.78 Å². The highest BCUT2D eigenvalue weighted by Crippen LogP contribution is 2.54. The maximum absolute atomic E-state index is 11.0. The predicted octanol–water partition coefficient (Wildman–Crippen LogP) is 3.10. The van der Waals surface area contributed by atoms with Crippen LogP contribution in [0.4, 0.5) is 0 Å². The second-order valence-corrected chi connectivity index (χ2v) is 12.3. The van der Waals surface area contributed by atoms with Gasteiger partial charge in [-0.1, -0.05) is 22.9 Å². The molecule has 0 fully saturated rings. The smallest absolute Gasteiger partial charge is 0.144 e. The number of hydrogen-bond donors (Lipinski definition) is 0. The largest absolute Gasteiger partial charge is 0.299 e. The molecule has 0 bridgehead atoms. The quantitative estimate of drug-likeness (QED) is 0.732. The van der Waals surface area contributed by atoms with Crippen LogP contribution in [0.5, 0.6) is 0 Å². The van der Waals surface area contributed by atoms with E-state index in [1.807, 2.05) is 0 Å². The molecule has 0 aliphatic carbocycles. The van der Waals surface area contributed by atoms with Crippen LogP contribution in [-0.2, 0) is 4.79 Å². The van der Waals surface area contributed by atoms with Crippen LogP contribution in [0, 0.1) is 0 Å². The maximum atomic E-state index is 11.0. The third kappa shape index (κ3) is 3.95. The Morgan fingerprint density at radius 2 is 1.82 bits per heavy atom. The van der Waals surface area contributed by atoms with Gasteiger partial charge in [0.25, 0.3) is 0 Å². The first-order valence-electron chi connectivity index (χ1n) is 3.33. The minimum Gasteiger partial charge on any atom is -0.299 e. The topological polar surface area (TPSA) is 17.1 Å². The number of Topliss-reactive ketones (excluding diaryl/α,β-unsaturated/α-hetero) is 1. The standard InChI is InChI=1S/C7H14Br2OS/c1-5(10)7(8)6(2)11(3,4)9/h6-7H,1-4H3. The normalized spacial score (nSPS) is 19.1. The SMILES string of the molecule is CC(=O)C(Br)C(C)S(C)(C)Br. The number of rotatable bonds is 3. The van der Waals surface area contributed by atoms with E-state index in [2.05, 4.69) is 50.2 Å². The Morgan fingerprint density at radius 1 is 1.45 bits per heavy atom. The van der Waals surface area contributed by atoms with E-state index in [0.29, 0.717) is 5.25 Å². The monoisotopic (exact) mass is 304 g/mol. The molecule has 0 rings (SSSR count). The average Bonchev–Trinajstić information content (AvgIpc) is 1.82. The van der Waals surface area contributed by atoms with E-state index in [1.54, 1.807) is 6.92 Å². The van der Waals surface area contributed by atoms with Crippen molar-refractivity contribution >= 4 is 45.0 Å². The highest BCUT2D eigenvalue weighted by molar-refractivity contribution is 9.58. The lowest BCUT2D eigenvalue weighted by atomic mass is 10.2. The molecule has 2 atom stereocenters. The van der Waals surface area contributed by atoms with Gasteiger partial charge in [0.2, 0.25) is 0 Å². The summed E-state index contributed by atoms with van der Waals surface area (Å²) in [5.74, 6) is 0.206. The molecule has 68 valence electrons. The number of alkyl halides is 1. The van der Waals surface area contributed by atoms with Crippen molar-refractivity contribution in [2.45, 2.75) is 23.9 Å². The minimum atomic E-state index is -0.802. The second-order valence-electron chi connectivity index (χ2n) is 2.99. The molecule has 11 heavy (non-hydrogen) atoms. The summed E-state index contributed by atoms with van der Waals surface area (Å²) in [7, 11) is -0.802. The van der Waals surface area contributed by atoms with Gasteiger partial charge >= 0.3 is 0 Å². The van der Waals surface area contributed by atoms with E-state index in [4.69, 9.17) is 0 Å². The lowest BCUT2D eigenvalue weighted by Crippen LogP contribution is -2.26. The fraction of sp³-hybridized carbons (Fsp3) is 0.857. The van der Waals surface area contributed by atoms with Crippen molar-refractivity contribution in [3.63, 3.8) is 0 Å². The van der Waals surface area contributed by atoms with Gasteiger partial charge in [-0.3, -0.25) is 4.79 Å². The van der Waals surface area contributed by atoms with Crippen molar-refractivity contribution in [2.75, 3.05) is 12.5 Å². The third-order valence-corrected chi connectivity index (χ3v) is 7.28. The molecule has 0 spiro atoms. The van der Waals surface area contributed by atoms with Gasteiger partial charge in [0, 0.05) is 5.25 Å². The zero-order chi connectivity index (χ0) is 9.23. The van der Waals surface area contributed by atoms with Crippen LogP contribution in [0.2, 0.25) is 0 Å². The summed E-state index contributed by atoms with van der Waals surface area (Å²) >= 11 is 7.00. The van der Waals surface area contributed by atoms with Gasteiger partial charge in [-0.25, -0.2) is 0 Å². The first kappa shape index (κ1) is 12.0. The Bertz CT molecular complexity index is 153. The lowest BCUT2D eigenvalue weighted by Gasteiger charge is -2.33. The molecule has 0 radical (unpaired) electrons. The number of hydrogen-bond acceptors (Lipinski definition) is 1. The van der Waals surface area contributed by atoms with E-state index >= 15 is 0 Å². The van der Waals surface area contributed by atoms with Crippen LogP contribution >= 0.6 is 39.2 Å². The Hall–Kier alpha value is 0.980. The molecular weight excluding hydrogens is 292 g/mol. The van der Waals surface area contributed by atoms with Crippen LogP contribution in [0.15, 0.2) is 0 Å². The van der Waals surface area contributed by atoms with Crippen LogP contribution in [0.3, 0.4) is 0 Å². The van der Waals surface area contributed by atoms with Crippen molar-refractivity contribution in [2.24, 2.45) is 0 Å². The Kier molecular flexibility index (Phi) is 4.66. The van der Waals surface area contributed by atoms with Crippen molar-refractivity contribution in [1.29, 1.82) is 0 Å². The Labute approximate surface area is 86.0 Å². The van der Waals surface area contributed by atoms with Gasteiger partial charge in [0.15, 0.2) is 0 Å². The summed E-state index contributed by atoms with van der Waals surface area (Å²) in [4.78, 5) is 11.0. The van der Waals surface area contributed by atoms with Crippen LogP contribution in [0.1, 0.15) is 13.8 Å². The van der Waals surface area contributed by atoms with Gasteiger partial charge in [-0.05, 0) is 34.2 Å². The first-order chi connectivity index (χ1) is 4.76. The highest BCUT2D eigenvalue weighted by Gasteiger charge is 2.27. The summed E-state index contributed by atoms with van der Waals surface area (Å²) in [6.07, 6.45) is 4.30. The summed E-state index contributed by atoms with van der Waals surface area (Å²) in [5, 5.41) is 0.375. The van der Waals surface area contributed by atoms with Crippen molar-refractivity contribution in [1.82, 2.24) is 0 Å². The minimum absolute atomic E-state index is 0.00752. The van der Waals surface area contributed by atoms with Crippen LogP contribution in [0.25, 0.3) is 0 Å². The number of carbonyl (C=O) groups excluding carboxylic acids is 1. The number of ketones is 1. The van der Waals surface area contributed by atoms with Crippen molar-refractivity contribution in [3.8, 4) is 0 Å². The summed E-state index contributed by atoms with van der Waals surface area (Å²) in [6, 6.07) is 0. The van der Waals surface area contributed by atoms with E-state index in [1.165, 1.54) is 0 Å². The molecule has 0 saturated heterocycles. The zero-order valence-electron chi connectivity index (χ0n) is 7.23.